The van der Waals surface area contributed by atoms with Gasteiger partial charge in [0.05, 0.1) is 23.3 Å². The second-order valence-corrected chi connectivity index (χ2v) is 7.17. The molecule has 4 heterocycles. The number of rotatable bonds is 4. The van der Waals surface area contributed by atoms with E-state index in [1.165, 1.54) is 4.90 Å². The summed E-state index contributed by atoms with van der Waals surface area (Å²) < 4.78 is 1.65. The van der Waals surface area contributed by atoms with Crippen molar-refractivity contribution in [1.29, 1.82) is 0 Å². The van der Waals surface area contributed by atoms with E-state index in [1.54, 1.807) is 35.4 Å². The van der Waals surface area contributed by atoms with E-state index in [4.69, 9.17) is 5.73 Å². The summed E-state index contributed by atoms with van der Waals surface area (Å²) in [5.41, 5.74) is 8.90. The Morgan fingerprint density at radius 1 is 1.17 bits per heavy atom. The molecule has 0 saturated carbocycles. The van der Waals surface area contributed by atoms with Gasteiger partial charge in [-0.1, -0.05) is 6.07 Å². The molecule has 3 aromatic rings. The van der Waals surface area contributed by atoms with E-state index in [0.717, 1.165) is 18.4 Å². The zero-order chi connectivity index (χ0) is 20.4. The maximum Gasteiger partial charge on any atom is 0.275 e. The normalized spacial score (nSPS) is 16.6. The van der Waals surface area contributed by atoms with Crippen molar-refractivity contribution in [2.24, 2.45) is 5.73 Å². The van der Waals surface area contributed by atoms with Crippen LogP contribution >= 0.6 is 0 Å². The second kappa shape index (κ2) is 7.83. The lowest BCUT2D eigenvalue weighted by Gasteiger charge is -2.33. The molecule has 0 aromatic carbocycles. The first-order valence-corrected chi connectivity index (χ1v) is 9.58. The number of nitrogens with zero attached hydrogens (tertiary/aromatic N) is 5. The van der Waals surface area contributed by atoms with Crippen LogP contribution in [-0.4, -0.2) is 49.0 Å². The Hall–Kier alpha value is -3.55. The van der Waals surface area contributed by atoms with E-state index in [1.807, 2.05) is 25.1 Å². The van der Waals surface area contributed by atoms with Crippen molar-refractivity contribution in [3.8, 4) is 17.1 Å². The number of aromatic nitrogens is 4. The Labute approximate surface area is 168 Å². The fourth-order valence-electron chi connectivity index (χ4n) is 3.58. The molecule has 29 heavy (non-hydrogen) atoms. The average molecular weight is 390 g/mol. The highest BCUT2D eigenvalue weighted by molar-refractivity contribution is 5.97. The van der Waals surface area contributed by atoms with Crippen LogP contribution in [0.5, 0.6) is 0 Å². The van der Waals surface area contributed by atoms with Crippen LogP contribution in [0.25, 0.3) is 17.1 Å². The summed E-state index contributed by atoms with van der Waals surface area (Å²) in [5.74, 6) is -0.783. The highest BCUT2D eigenvalue weighted by Crippen LogP contribution is 2.25. The lowest BCUT2D eigenvalue weighted by Crippen LogP contribution is -2.50. The standard InChI is InChI=1S/C21H22N6O2/c1-14-7-8-16(24-12-14)19-11-17(25-27(19)15-5-4-9-23-13-15)21(29)26-10-3-2-6-18(26)20(22)28/h4-5,7-9,11-13,18H,2-3,6,10H2,1H3,(H2,22,28). The van der Waals surface area contributed by atoms with Crippen LogP contribution in [0.1, 0.15) is 35.3 Å². The number of amides is 2. The second-order valence-electron chi connectivity index (χ2n) is 7.17. The summed E-state index contributed by atoms with van der Waals surface area (Å²) in [4.78, 5) is 35.2. The van der Waals surface area contributed by atoms with Gasteiger partial charge < -0.3 is 10.6 Å². The van der Waals surface area contributed by atoms with E-state index in [2.05, 4.69) is 15.1 Å². The van der Waals surface area contributed by atoms with Gasteiger partial charge in [-0.15, -0.1) is 0 Å². The Morgan fingerprint density at radius 3 is 2.72 bits per heavy atom. The summed E-state index contributed by atoms with van der Waals surface area (Å²) in [5, 5.41) is 4.54. The third kappa shape index (κ3) is 3.73. The molecule has 0 spiro atoms. The summed E-state index contributed by atoms with van der Waals surface area (Å²) >= 11 is 0. The van der Waals surface area contributed by atoms with Crippen molar-refractivity contribution in [1.82, 2.24) is 24.6 Å². The predicted molar refractivity (Wildman–Crippen MR) is 107 cm³/mol. The SMILES string of the molecule is Cc1ccc(-c2cc(C(=O)N3CCCCC3C(N)=O)nn2-c2cccnc2)nc1. The molecule has 4 rings (SSSR count). The summed E-state index contributed by atoms with van der Waals surface area (Å²) in [6, 6.07) is 8.62. The van der Waals surface area contributed by atoms with Crippen molar-refractivity contribution < 1.29 is 9.59 Å². The molecule has 1 atom stereocenters. The van der Waals surface area contributed by atoms with Crippen LogP contribution in [0.2, 0.25) is 0 Å². The number of carbonyl (C=O) groups excluding carboxylic acids is 2. The van der Waals surface area contributed by atoms with Gasteiger partial charge in [0, 0.05) is 18.9 Å². The van der Waals surface area contributed by atoms with E-state index >= 15 is 0 Å². The van der Waals surface area contributed by atoms with Gasteiger partial charge >= 0.3 is 0 Å². The van der Waals surface area contributed by atoms with Crippen molar-refractivity contribution in [3.05, 3.63) is 60.2 Å². The molecule has 3 aromatic heterocycles. The Morgan fingerprint density at radius 2 is 2.03 bits per heavy atom. The van der Waals surface area contributed by atoms with Crippen LogP contribution in [0.15, 0.2) is 48.9 Å². The molecule has 2 amide bonds. The van der Waals surface area contributed by atoms with Crippen molar-refractivity contribution in [3.63, 3.8) is 0 Å². The first-order valence-electron chi connectivity index (χ1n) is 9.58. The van der Waals surface area contributed by atoms with Crippen molar-refractivity contribution >= 4 is 11.8 Å². The largest absolute Gasteiger partial charge is 0.368 e. The molecule has 0 radical (unpaired) electrons. The molecule has 1 fully saturated rings. The number of aryl methyl sites for hydroxylation is 1. The minimum absolute atomic E-state index is 0.249. The highest BCUT2D eigenvalue weighted by atomic mass is 16.2. The van der Waals surface area contributed by atoms with Crippen LogP contribution in [-0.2, 0) is 4.79 Å². The van der Waals surface area contributed by atoms with Gasteiger partial charge in [-0.25, -0.2) is 4.68 Å². The zero-order valence-electron chi connectivity index (χ0n) is 16.2. The smallest absolute Gasteiger partial charge is 0.275 e. The molecule has 1 aliphatic heterocycles. The van der Waals surface area contributed by atoms with Crippen molar-refractivity contribution in [2.75, 3.05) is 6.54 Å². The fourth-order valence-corrected chi connectivity index (χ4v) is 3.58. The van der Waals surface area contributed by atoms with Gasteiger partial charge in [0.2, 0.25) is 5.91 Å². The lowest BCUT2D eigenvalue weighted by molar-refractivity contribution is -0.123. The minimum atomic E-state index is -0.597. The molecule has 1 aliphatic rings. The number of carbonyl (C=O) groups is 2. The van der Waals surface area contributed by atoms with Gasteiger partial charge in [-0.05, 0) is 56.0 Å². The number of nitrogens with two attached hydrogens (primary N) is 1. The molecule has 0 aliphatic carbocycles. The number of piperidine rings is 1. The van der Waals surface area contributed by atoms with Crippen LogP contribution in [0.4, 0.5) is 0 Å². The summed E-state index contributed by atoms with van der Waals surface area (Å²) in [6.07, 6.45) is 7.41. The van der Waals surface area contributed by atoms with E-state index in [0.29, 0.717) is 30.0 Å². The maximum absolute atomic E-state index is 13.2. The predicted octanol–water partition coefficient (Wildman–Crippen LogP) is 2.12. The third-order valence-electron chi connectivity index (χ3n) is 5.08. The van der Waals surface area contributed by atoms with Gasteiger partial charge in [0.1, 0.15) is 6.04 Å². The number of hydrogen-bond acceptors (Lipinski definition) is 5. The molecule has 1 unspecified atom stereocenters. The first-order chi connectivity index (χ1) is 14.0. The van der Waals surface area contributed by atoms with Crippen LogP contribution in [0.3, 0.4) is 0 Å². The Balaban J connectivity index is 1.77. The number of likely N-dealkylation sites (tertiary alicyclic amines) is 1. The van der Waals surface area contributed by atoms with Gasteiger partial charge in [-0.3, -0.25) is 19.6 Å². The molecular formula is C21H22N6O2. The van der Waals surface area contributed by atoms with Gasteiger partial charge in [0.25, 0.3) is 5.91 Å². The lowest BCUT2D eigenvalue weighted by atomic mass is 10.0. The van der Waals surface area contributed by atoms with Crippen LogP contribution in [0, 0.1) is 6.92 Å². The molecular weight excluding hydrogens is 368 g/mol. The first kappa shape index (κ1) is 18.8. The van der Waals surface area contributed by atoms with Gasteiger partial charge in [0.15, 0.2) is 5.69 Å². The summed E-state index contributed by atoms with van der Waals surface area (Å²) in [6.45, 7) is 2.45. The Bertz CT molecular complexity index is 1030. The fraction of sp³-hybridized carbons (Fsp3) is 0.286. The van der Waals surface area contributed by atoms with Crippen molar-refractivity contribution in [2.45, 2.75) is 32.2 Å². The van der Waals surface area contributed by atoms with E-state index in [-0.39, 0.29) is 11.6 Å². The minimum Gasteiger partial charge on any atom is -0.368 e. The molecule has 2 N–H and O–H groups in total. The number of pyridine rings is 2. The molecule has 8 nitrogen and oxygen atoms in total. The number of hydrogen-bond donors (Lipinski definition) is 1. The average Bonchev–Trinajstić information content (AvgIpc) is 3.20. The van der Waals surface area contributed by atoms with Gasteiger partial charge in [-0.2, -0.15) is 5.10 Å². The van der Waals surface area contributed by atoms with E-state index in [9.17, 15) is 9.59 Å². The third-order valence-corrected chi connectivity index (χ3v) is 5.08. The molecule has 148 valence electrons. The monoisotopic (exact) mass is 390 g/mol. The van der Waals surface area contributed by atoms with Crippen LogP contribution < -0.4 is 5.73 Å². The highest BCUT2D eigenvalue weighted by Gasteiger charge is 2.33. The Kier molecular flexibility index (Phi) is 5.07. The quantitative estimate of drug-likeness (QED) is 0.734. The summed E-state index contributed by atoms with van der Waals surface area (Å²) in [7, 11) is 0. The topological polar surface area (TPSA) is 107 Å². The number of primary amides is 1. The van der Waals surface area contributed by atoms with E-state index < -0.39 is 11.9 Å². The molecule has 1 saturated heterocycles. The zero-order valence-corrected chi connectivity index (χ0v) is 16.2. The molecule has 0 bridgehead atoms. The maximum atomic E-state index is 13.2. The molecule has 8 heteroatoms.